The van der Waals surface area contributed by atoms with Crippen LogP contribution in [0.15, 0.2) is 18.2 Å². The number of rotatable bonds is 3. The molecule has 0 spiro atoms. The molecule has 1 rings (SSSR count). The maximum Gasteiger partial charge on any atom is 0.234 e. The SMILES string of the molecule is CC(C(=O)Nc1cccc(Cl)c1F)C(N)=S. The number of hydrogen-bond acceptors (Lipinski definition) is 2. The van der Waals surface area contributed by atoms with Crippen molar-refractivity contribution in [3.05, 3.63) is 29.0 Å². The summed E-state index contributed by atoms with van der Waals surface area (Å²) in [5.41, 5.74) is 5.32. The molecule has 16 heavy (non-hydrogen) atoms. The van der Waals surface area contributed by atoms with Crippen LogP contribution in [0.1, 0.15) is 6.92 Å². The highest BCUT2D eigenvalue weighted by Crippen LogP contribution is 2.22. The maximum absolute atomic E-state index is 13.4. The second kappa shape index (κ2) is 5.23. The van der Waals surface area contributed by atoms with Gasteiger partial charge in [0, 0.05) is 0 Å². The molecule has 1 aromatic rings. The second-order valence-corrected chi connectivity index (χ2v) is 4.09. The minimum atomic E-state index is -0.673. The number of nitrogens with two attached hydrogens (primary N) is 1. The van der Waals surface area contributed by atoms with Crippen molar-refractivity contribution in [3.8, 4) is 0 Å². The van der Waals surface area contributed by atoms with Crippen molar-refractivity contribution in [1.29, 1.82) is 0 Å². The number of benzene rings is 1. The number of anilines is 1. The van der Waals surface area contributed by atoms with Gasteiger partial charge >= 0.3 is 0 Å². The minimum Gasteiger partial charge on any atom is -0.393 e. The van der Waals surface area contributed by atoms with E-state index < -0.39 is 17.6 Å². The van der Waals surface area contributed by atoms with E-state index in [-0.39, 0.29) is 15.7 Å². The van der Waals surface area contributed by atoms with Gasteiger partial charge in [-0.25, -0.2) is 4.39 Å². The predicted octanol–water partition coefficient (Wildman–Crippen LogP) is 2.34. The molecule has 3 nitrogen and oxygen atoms in total. The topological polar surface area (TPSA) is 55.1 Å². The lowest BCUT2D eigenvalue weighted by atomic mass is 10.1. The molecule has 1 atom stereocenters. The Bertz CT molecular complexity index is 439. The van der Waals surface area contributed by atoms with Gasteiger partial charge in [0.05, 0.1) is 21.6 Å². The van der Waals surface area contributed by atoms with Crippen molar-refractivity contribution in [2.75, 3.05) is 5.32 Å². The number of carbonyl (C=O) groups excluding carboxylic acids is 1. The number of hydrogen-bond donors (Lipinski definition) is 2. The highest BCUT2D eigenvalue weighted by Gasteiger charge is 2.17. The van der Waals surface area contributed by atoms with Gasteiger partial charge in [-0.1, -0.05) is 29.9 Å². The lowest BCUT2D eigenvalue weighted by molar-refractivity contribution is -0.117. The number of nitrogens with one attached hydrogen (secondary N) is 1. The van der Waals surface area contributed by atoms with Crippen molar-refractivity contribution in [3.63, 3.8) is 0 Å². The molecule has 0 aliphatic heterocycles. The van der Waals surface area contributed by atoms with Crippen molar-refractivity contribution in [1.82, 2.24) is 0 Å². The fourth-order valence-electron chi connectivity index (χ4n) is 0.971. The number of halogens is 2. The van der Waals surface area contributed by atoms with E-state index >= 15 is 0 Å². The molecule has 86 valence electrons. The molecule has 0 aromatic heterocycles. The third-order valence-corrected chi connectivity index (χ3v) is 2.67. The summed E-state index contributed by atoms with van der Waals surface area (Å²) in [5.74, 6) is -1.80. The zero-order valence-corrected chi connectivity index (χ0v) is 10.0. The first-order chi connectivity index (χ1) is 7.43. The van der Waals surface area contributed by atoms with Gasteiger partial charge in [-0.05, 0) is 19.1 Å². The van der Waals surface area contributed by atoms with Gasteiger partial charge in [0.1, 0.15) is 0 Å². The number of amides is 1. The van der Waals surface area contributed by atoms with E-state index in [0.29, 0.717) is 0 Å². The van der Waals surface area contributed by atoms with E-state index in [2.05, 4.69) is 17.5 Å². The Balaban J connectivity index is 2.85. The standard InChI is InChI=1S/C10H10ClFN2OS/c1-5(9(13)16)10(15)14-7-4-2-3-6(11)8(7)12/h2-5H,1H3,(H2,13,16)(H,14,15). The van der Waals surface area contributed by atoms with Gasteiger partial charge in [-0.3, -0.25) is 4.79 Å². The lowest BCUT2D eigenvalue weighted by Gasteiger charge is -2.11. The lowest BCUT2D eigenvalue weighted by Crippen LogP contribution is -2.31. The van der Waals surface area contributed by atoms with E-state index in [9.17, 15) is 9.18 Å². The van der Waals surface area contributed by atoms with Gasteiger partial charge in [0.2, 0.25) is 5.91 Å². The molecule has 1 aromatic carbocycles. The monoisotopic (exact) mass is 260 g/mol. The van der Waals surface area contributed by atoms with Gasteiger partial charge < -0.3 is 11.1 Å². The second-order valence-electron chi connectivity index (χ2n) is 3.21. The molecule has 0 radical (unpaired) electrons. The Morgan fingerprint density at radius 3 is 2.81 bits per heavy atom. The van der Waals surface area contributed by atoms with Crippen LogP contribution in [0.25, 0.3) is 0 Å². The van der Waals surface area contributed by atoms with E-state index in [1.807, 2.05) is 0 Å². The van der Waals surface area contributed by atoms with E-state index in [0.717, 1.165) is 0 Å². The third-order valence-electron chi connectivity index (χ3n) is 2.03. The molecule has 0 bridgehead atoms. The quantitative estimate of drug-likeness (QED) is 0.821. The van der Waals surface area contributed by atoms with Crippen LogP contribution in [0.3, 0.4) is 0 Å². The molecule has 0 heterocycles. The molecule has 6 heteroatoms. The largest absolute Gasteiger partial charge is 0.393 e. The molecule has 1 unspecified atom stereocenters. The van der Waals surface area contributed by atoms with E-state index in [4.69, 9.17) is 17.3 Å². The zero-order chi connectivity index (χ0) is 12.3. The van der Waals surface area contributed by atoms with Crippen molar-refractivity contribution >= 4 is 40.4 Å². The van der Waals surface area contributed by atoms with Crippen molar-refractivity contribution in [2.45, 2.75) is 6.92 Å². The average Bonchev–Trinajstić information content (AvgIpc) is 2.23. The Morgan fingerprint density at radius 2 is 2.25 bits per heavy atom. The van der Waals surface area contributed by atoms with Crippen LogP contribution in [0.2, 0.25) is 5.02 Å². The van der Waals surface area contributed by atoms with Gasteiger partial charge in [0.25, 0.3) is 0 Å². The van der Waals surface area contributed by atoms with E-state index in [1.54, 1.807) is 6.92 Å². The Hall–Kier alpha value is -1.20. The van der Waals surface area contributed by atoms with Crippen LogP contribution in [-0.4, -0.2) is 10.9 Å². The highest BCUT2D eigenvalue weighted by molar-refractivity contribution is 7.80. The predicted molar refractivity (Wildman–Crippen MR) is 66.0 cm³/mol. The van der Waals surface area contributed by atoms with Crippen LogP contribution in [-0.2, 0) is 4.79 Å². The molecule has 3 N–H and O–H groups in total. The fraction of sp³-hybridized carbons (Fsp3) is 0.200. The van der Waals surface area contributed by atoms with Crippen LogP contribution in [0.4, 0.5) is 10.1 Å². The van der Waals surface area contributed by atoms with Crippen LogP contribution < -0.4 is 11.1 Å². The molecule has 0 saturated heterocycles. The summed E-state index contributed by atoms with van der Waals surface area (Å²) >= 11 is 10.2. The summed E-state index contributed by atoms with van der Waals surface area (Å²) < 4.78 is 13.4. The Morgan fingerprint density at radius 1 is 1.62 bits per heavy atom. The summed E-state index contributed by atoms with van der Waals surface area (Å²) in [7, 11) is 0. The number of thiocarbonyl (C=S) groups is 1. The van der Waals surface area contributed by atoms with E-state index in [1.165, 1.54) is 18.2 Å². The van der Waals surface area contributed by atoms with Gasteiger partial charge in [-0.2, -0.15) is 0 Å². The van der Waals surface area contributed by atoms with Crippen LogP contribution in [0.5, 0.6) is 0 Å². The van der Waals surface area contributed by atoms with Crippen molar-refractivity contribution in [2.24, 2.45) is 11.7 Å². The first kappa shape index (κ1) is 12.9. The molecule has 0 aliphatic rings. The zero-order valence-electron chi connectivity index (χ0n) is 8.46. The molecular weight excluding hydrogens is 251 g/mol. The highest BCUT2D eigenvalue weighted by atomic mass is 35.5. The molecule has 0 fully saturated rings. The fourth-order valence-corrected chi connectivity index (χ4v) is 1.25. The minimum absolute atomic E-state index is 0.0144. The van der Waals surface area contributed by atoms with Crippen molar-refractivity contribution < 1.29 is 9.18 Å². The number of carbonyl (C=O) groups is 1. The third kappa shape index (κ3) is 2.90. The average molecular weight is 261 g/mol. The summed E-state index contributed by atoms with van der Waals surface area (Å²) in [6.07, 6.45) is 0. The smallest absolute Gasteiger partial charge is 0.234 e. The Kier molecular flexibility index (Phi) is 4.20. The molecule has 0 aliphatic carbocycles. The summed E-state index contributed by atoms with van der Waals surface area (Å²) in [6.45, 7) is 1.54. The van der Waals surface area contributed by atoms with Gasteiger partial charge in [-0.15, -0.1) is 0 Å². The van der Waals surface area contributed by atoms with Crippen LogP contribution in [0, 0.1) is 11.7 Å². The summed E-state index contributed by atoms with van der Waals surface area (Å²) in [6, 6.07) is 4.33. The summed E-state index contributed by atoms with van der Waals surface area (Å²) in [5, 5.41) is 2.31. The Labute approximate surface area is 103 Å². The molecular formula is C10H10ClFN2OS. The molecule has 0 saturated carbocycles. The first-order valence-electron chi connectivity index (χ1n) is 4.47. The normalized spacial score (nSPS) is 11.9. The molecule has 1 amide bonds. The first-order valence-corrected chi connectivity index (χ1v) is 5.26. The van der Waals surface area contributed by atoms with Gasteiger partial charge in [0.15, 0.2) is 5.82 Å². The summed E-state index contributed by atoms with van der Waals surface area (Å²) in [4.78, 5) is 11.6. The maximum atomic E-state index is 13.4. The van der Waals surface area contributed by atoms with Crippen LogP contribution >= 0.6 is 23.8 Å².